The van der Waals surface area contributed by atoms with Crippen LogP contribution in [0.15, 0.2) is 17.0 Å². The normalized spacial score (nSPS) is 12.1. The first-order valence-electron chi connectivity index (χ1n) is 7.27. The molecule has 0 atom stereocenters. The molecular weight excluding hydrogens is 291 g/mol. The van der Waals surface area contributed by atoms with Crippen molar-refractivity contribution in [3.05, 3.63) is 29.1 Å². The maximum Gasteiger partial charge on any atom is 0.240 e. The van der Waals surface area contributed by atoms with Gasteiger partial charge in [-0.15, -0.1) is 0 Å². The standard InChI is InChI=1S/C15H25FN2O2S/c1-5-17-10-13-8-14(16)12(4)15(9-13)21(19,20)18-7-6-11(2)3/h8-9,11,17-18H,5-7,10H2,1-4H3. The largest absolute Gasteiger partial charge is 0.313 e. The highest BCUT2D eigenvalue weighted by Gasteiger charge is 2.19. The number of halogens is 1. The first-order chi connectivity index (χ1) is 9.77. The number of hydrogen-bond donors (Lipinski definition) is 2. The third-order valence-corrected chi connectivity index (χ3v) is 4.83. The molecule has 21 heavy (non-hydrogen) atoms. The van der Waals surface area contributed by atoms with Gasteiger partial charge in [-0.1, -0.05) is 20.8 Å². The summed E-state index contributed by atoms with van der Waals surface area (Å²) in [6.07, 6.45) is 0.748. The summed E-state index contributed by atoms with van der Waals surface area (Å²) in [7, 11) is -3.67. The van der Waals surface area contributed by atoms with Crippen LogP contribution in [0.2, 0.25) is 0 Å². The molecule has 0 bridgehead atoms. The summed E-state index contributed by atoms with van der Waals surface area (Å²) >= 11 is 0. The first-order valence-corrected chi connectivity index (χ1v) is 8.75. The van der Waals surface area contributed by atoms with Crippen LogP contribution in [-0.2, 0) is 16.6 Å². The van der Waals surface area contributed by atoms with Crippen LogP contribution in [0.4, 0.5) is 4.39 Å². The van der Waals surface area contributed by atoms with Gasteiger partial charge in [0.15, 0.2) is 0 Å². The summed E-state index contributed by atoms with van der Waals surface area (Å²) in [5, 5.41) is 3.07. The van der Waals surface area contributed by atoms with Crippen LogP contribution in [0.3, 0.4) is 0 Å². The second-order valence-electron chi connectivity index (χ2n) is 5.56. The lowest BCUT2D eigenvalue weighted by Crippen LogP contribution is -2.27. The number of benzene rings is 1. The van der Waals surface area contributed by atoms with Crippen molar-refractivity contribution >= 4 is 10.0 Å². The van der Waals surface area contributed by atoms with Crippen LogP contribution >= 0.6 is 0 Å². The van der Waals surface area contributed by atoms with E-state index in [2.05, 4.69) is 10.0 Å². The van der Waals surface area contributed by atoms with Crippen LogP contribution in [0.5, 0.6) is 0 Å². The minimum Gasteiger partial charge on any atom is -0.313 e. The highest BCUT2D eigenvalue weighted by molar-refractivity contribution is 7.89. The average molecular weight is 316 g/mol. The summed E-state index contributed by atoms with van der Waals surface area (Å²) in [6.45, 7) is 9.02. The second kappa shape index (κ2) is 7.87. The summed E-state index contributed by atoms with van der Waals surface area (Å²) in [5.41, 5.74) is 0.788. The molecule has 0 aromatic heterocycles. The fraction of sp³-hybridized carbons (Fsp3) is 0.600. The third kappa shape index (κ3) is 5.37. The van der Waals surface area contributed by atoms with Crippen molar-refractivity contribution in [2.45, 2.75) is 45.6 Å². The molecule has 4 nitrogen and oxygen atoms in total. The maximum absolute atomic E-state index is 13.9. The highest BCUT2D eigenvalue weighted by Crippen LogP contribution is 2.20. The molecule has 0 spiro atoms. The third-order valence-electron chi connectivity index (χ3n) is 3.24. The smallest absolute Gasteiger partial charge is 0.240 e. The minimum absolute atomic E-state index is 0.0270. The molecule has 1 rings (SSSR count). The van der Waals surface area contributed by atoms with Gasteiger partial charge in [-0.3, -0.25) is 0 Å². The van der Waals surface area contributed by atoms with Gasteiger partial charge in [0.1, 0.15) is 5.82 Å². The summed E-state index contributed by atoms with van der Waals surface area (Å²) in [4.78, 5) is 0.0270. The summed E-state index contributed by atoms with van der Waals surface area (Å²) in [5.74, 6) is -0.0831. The molecule has 0 radical (unpaired) electrons. The molecule has 0 fully saturated rings. The molecule has 0 aliphatic heterocycles. The molecule has 6 heteroatoms. The van der Waals surface area contributed by atoms with Gasteiger partial charge in [0.2, 0.25) is 10.0 Å². The van der Waals surface area contributed by atoms with Crippen LogP contribution in [0.25, 0.3) is 0 Å². The van der Waals surface area contributed by atoms with Crippen LogP contribution in [-0.4, -0.2) is 21.5 Å². The molecule has 0 amide bonds. The van der Waals surface area contributed by atoms with Crippen molar-refractivity contribution in [2.24, 2.45) is 5.92 Å². The highest BCUT2D eigenvalue weighted by atomic mass is 32.2. The Morgan fingerprint density at radius 2 is 1.95 bits per heavy atom. The Kier molecular flexibility index (Phi) is 6.77. The zero-order chi connectivity index (χ0) is 16.0. The van der Waals surface area contributed by atoms with E-state index in [-0.39, 0.29) is 10.5 Å². The lowest BCUT2D eigenvalue weighted by Gasteiger charge is -2.13. The van der Waals surface area contributed by atoms with Gasteiger partial charge < -0.3 is 5.32 Å². The fourth-order valence-electron chi connectivity index (χ4n) is 1.92. The average Bonchev–Trinajstić information content (AvgIpc) is 2.39. The van der Waals surface area contributed by atoms with Crippen molar-refractivity contribution in [2.75, 3.05) is 13.1 Å². The van der Waals surface area contributed by atoms with Crippen molar-refractivity contribution in [1.82, 2.24) is 10.0 Å². The van der Waals surface area contributed by atoms with Crippen molar-refractivity contribution < 1.29 is 12.8 Å². The molecule has 0 aliphatic carbocycles. The Labute approximate surface area is 127 Å². The summed E-state index contributed by atoms with van der Waals surface area (Å²) in [6, 6.07) is 2.92. The molecule has 0 saturated carbocycles. The summed E-state index contributed by atoms with van der Waals surface area (Å²) < 4.78 is 41.1. The van der Waals surface area contributed by atoms with E-state index in [1.165, 1.54) is 13.0 Å². The quantitative estimate of drug-likeness (QED) is 0.775. The Morgan fingerprint density at radius 1 is 1.29 bits per heavy atom. The zero-order valence-corrected chi connectivity index (χ0v) is 14.0. The Hall–Kier alpha value is -0.980. The van der Waals surface area contributed by atoms with Crippen LogP contribution in [0, 0.1) is 18.7 Å². The molecule has 120 valence electrons. The van der Waals surface area contributed by atoms with Gasteiger partial charge in [-0.05, 0) is 43.5 Å². The lowest BCUT2D eigenvalue weighted by atomic mass is 10.1. The van der Waals surface area contributed by atoms with Gasteiger partial charge in [-0.2, -0.15) is 0 Å². The van der Waals surface area contributed by atoms with Gasteiger partial charge in [-0.25, -0.2) is 17.5 Å². The predicted octanol–water partition coefficient (Wildman–Crippen LogP) is 2.57. The van der Waals surface area contributed by atoms with E-state index in [0.29, 0.717) is 24.6 Å². The molecule has 0 aliphatic rings. The zero-order valence-electron chi connectivity index (χ0n) is 13.2. The maximum atomic E-state index is 13.9. The van der Waals surface area contributed by atoms with Crippen LogP contribution < -0.4 is 10.0 Å². The van der Waals surface area contributed by atoms with Crippen molar-refractivity contribution in [3.8, 4) is 0 Å². The van der Waals surface area contributed by atoms with Gasteiger partial charge in [0.25, 0.3) is 0 Å². The Morgan fingerprint density at radius 3 is 2.52 bits per heavy atom. The van der Waals surface area contributed by atoms with Gasteiger partial charge in [0.05, 0.1) is 4.90 Å². The number of nitrogens with one attached hydrogen (secondary N) is 2. The van der Waals surface area contributed by atoms with E-state index in [4.69, 9.17) is 0 Å². The van der Waals surface area contributed by atoms with Gasteiger partial charge >= 0.3 is 0 Å². The Balaban J connectivity index is 3.01. The van der Waals surface area contributed by atoms with E-state index >= 15 is 0 Å². The van der Waals surface area contributed by atoms with Crippen LogP contribution in [0.1, 0.15) is 38.3 Å². The first kappa shape index (κ1) is 18.1. The monoisotopic (exact) mass is 316 g/mol. The molecule has 1 aromatic carbocycles. The van der Waals surface area contributed by atoms with E-state index in [1.54, 1.807) is 6.07 Å². The molecule has 2 N–H and O–H groups in total. The molecule has 1 aromatic rings. The lowest BCUT2D eigenvalue weighted by molar-refractivity contribution is 0.548. The van der Waals surface area contributed by atoms with Gasteiger partial charge in [0, 0.05) is 18.7 Å². The minimum atomic E-state index is -3.67. The number of sulfonamides is 1. The number of rotatable bonds is 8. The predicted molar refractivity (Wildman–Crippen MR) is 83.2 cm³/mol. The molecule has 0 saturated heterocycles. The van der Waals surface area contributed by atoms with Crippen molar-refractivity contribution in [1.29, 1.82) is 0 Å². The van der Waals surface area contributed by atoms with Crippen molar-refractivity contribution in [3.63, 3.8) is 0 Å². The van der Waals surface area contributed by atoms with E-state index in [0.717, 1.165) is 13.0 Å². The second-order valence-corrected chi connectivity index (χ2v) is 7.30. The van der Waals surface area contributed by atoms with E-state index in [1.807, 2.05) is 20.8 Å². The number of hydrogen-bond acceptors (Lipinski definition) is 3. The van der Waals surface area contributed by atoms with E-state index in [9.17, 15) is 12.8 Å². The Bertz CT molecular complexity index is 571. The fourth-order valence-corrected chi connectivity index (χ4v) is 3.27. The van der Waals surface area contributed by atoms with E-state index < -0.39 is 15.8 Å². The SMILES string of the molecule is CCNCc1cc(F)c(C)c(S(=O)(=O)NCCC(C)C)c1. The molecular formula is C15H25FN2O2S. The topological polar surface area (TPSA) is 58.2 Å². The molecule has 0 unspecified atom stereocenters. The molecule has 0 heterocycles.